The van der Waals surface area contributed by atoms with E-state index in [0.29, 0.717) is 22.0 Å². The van der Waals surface area contributed by atoms with Crippen LogP contribution in [0.5, 0.6) is 10.9 Å². The fourth-order valence-corrected chi connectivity index (χ4v) is 3.07. The van der Waals surface area contributed by atoms with Gasteiger partial charge >= 0.3 is 0 Å². The zero-order valence-corrected chi connectivity index (χ0v) is 14.8. The molecule has 0 aliphatic heterocycles. The largest absolute Gasteiger partial charge is 0.467 e. The van der Waals surface area contributed by atoms with E-state index in [2.05, 4.69) is 20.5 Å². The Morgan fingerprint density at radius 2 is 2.19 bits per heavy atom. The number of nitrogens with one attached hydrogen (secondary N) is 1. The molecule has 0 radical (unpaired) electrons. The van der Waals surface area contributed by atoms with Crippen LogP contribution in [0.1, 0.15) is 15.6 Å². The fraction of sp³-hybridized carbons (Fsp3) is 0.0588. The number of ether oxygens (including phenoxy) is 1. The molecule has 0 fully saturated rings. The van der Waals surface area contributed by atoms with Crippen molar-refractivity contribution < 1.29 is 13.9 Å². The molecule has 0 aliphatic carbocycles. The standard InChI is InChI=1S/C17H11ClN4O3S/c18-10-3-4-12-13(8-10)19-6-5-14(12)25-17-22-21-16(26-17)15(23)20-9-11-2-1-7-24-11/h1-8H,9H2,(H,20,23). The minimum Gasteiger partial charge on any atom is -0.467 e. The van der Waals surface area contributed by atoms with Gasteiger partial charge in [-0.15, -0.1) is 5.10 Å². The number of carbonyl (C=O) groups excluding carboxylic acids is 1. The van der Waals surface area contributed by atoms with Gasteiger partial charge in [0.25, 0.3) is 11.1 Å². The SMILES string of the molecule is O=C(NCc1ccco1)c1nnc(Oc2ccnc3cc(Cl)ccc23)s1. The number of nitrogens with zero attached hydrogens (tertiary/aromatic N) is 3. The minimum atomic E-state index is -0.347. The smallest absolute Gasteiger partial charge is 0.300 e. The highest BCUT2D eigenvalue weighted by Gasteiger charge is 2.15. The Labute approximate surface area is 156 Å². The van der Waals surface area contributed by atoms with Crippen molar-refractivity contribution in [1.82, 2.24) is 20.5 Å². The van der Waals surface area contributed by atoms with Gasteiger partial charge < -0.3 is 14.5 Å². The molecule has 0 aliphatic rings. The van der Waals surface area contributed by atoms with Gasteiger partial charge in [-0.05, 0) is 47.7 Å². The van der Waals surface area contributed by atoms with Crippen molar-refractivity contribution in [2.45, 2.75) is 6.54 Å². The van der Waals surface area contributed by atoms with Crippen LogP contribution in [0.15, 0.2) is 53.3 Å². The number of hydrogen-bond donors (Lipinski definition) is 1. The van der Waals surface area contributed by atoms with E-state index in [1.54, 1.807) is 42.8 Å². The highest BCUT2D eigenvalue weighted by molar-refractivity contribution is 7.15. The topological polar surface area (TPSA) is 90.1 Å². The van der Waals surface area contributed by atoms with Crippen LogP contribution in [-0.4, -0.2) is 21.1 Å². The number of rotatable bonds is 5. The third-order valence-electron chi connectivity index (χ3n) is 3.47. The molecule has 0 spiro atoms. The van der Waals surface area contributed by atoms with Crippen LogP contribution in [0.25, 0.3) is 10.9 Å². The Kier molecular flexibility index (Phi) is 4.51. The van der Waals surface area contributed by atoms with Gasteiger partial charge in [0, 0.05) is 16.6 Å². The summed E-state index contributed by atoms with van der Waals surface area (Å²) in [6.45, 7) is 0.275. The molecule has 0 saturated heterocycles. The average molecular weight is 387 g/mol. The van der Waals surface area contributed by atoms with Crippen LogP contribution in [0.4, 0.5) is 0 Å². The van der Waals surface area contributed by atoms with E-state index in [1.807, 2.05) is 6.07 Å². The van der Waals surface area contributed by atoms with Crippen molar-refractivity contribution in [3.63, 3.8) is 0 Å². The van der Waals surface area contributed by atoms with Gasteiger partial charge in [0.1, 0.15) is 11.5 Å². The molecule has 26 heavy (non-hydrogen) atoms. The Morgan fingerprint density at radius 1 is 1.27 bits per heavy atom. The molecule has 130 valence electrons. The predicted molar refractivity (Wildman–Crippen MR) is 96.6 cm³/mol. The summed E-state index contributed by atoms with van der Waals surface area (Å²) in [6.07, 6.45) is 3.16. The molecular formula is C17H11ClN4O3S. The van der Waals surface area contributed by atoms with Crippen molar-refractivity contribution in [1.29, 1.82) is 0 Å². The number of hydrogen-bond acceptors (Lipinski definition) is 7. The number of fused-ring (bicyclic) bond motifs is 1. The number of benzene rings is 1. The maximum Gasteiger partial charge on any atom is 0.300 e. The molecule has 4 rings (SSSR count). The van der Waals surface area contributed by atoms with Crippen LogP contribution in [-0.2, 0) is 6.54 Å². The van der Waals surface area contributed by atoms with Crippen molar-refractivity contribution in [2.24, 2.45) is 0 Å². The van der Waals surface area contributed by atoms with Crippen LogP contribution in [0.3, 0.4) is 0 Å². The number of furan rings is 1. The summed E-state index contributed by atoms with van der Waals surface area (Å²) >= 11 is 7.03. The molecular weight excluding hydrogens is 376 g/mol. The van der Waals surface area contributed by atoms with Crippen molar-refractivity contribution in [3.05, 3.63) is 64.6 Å². The van der Waals surface area contributed by atoms with Gasteiger partial charge in [0.15, 0.2) is 0 Å². The molecule has 9 heteroatoms. The molecule has 0 unspecified atom stereocenters. The fourth-order valence-electron chi connectivity index (χ4n) is 2.28. The van der Waals surface area contributed by atoms with E-state index in [0.717, 1.165) is 16.7 Å². The highest BCUT2D eigenvalue weighted by atomic mass is 35.5. The van der Waals surface area contributed by atoms with E-state index >= 15 is 0 Å². The van der Waals surface area contributed by atoms with Crippen molar-refractivity contribution in [2.75, 3.05) is 0 Å². The summed E-state index contributed by atoms with van der Waals surface area (Å²) in [5.41, 5.74) is 0.705. The molecule has 0 bridgehead atoms. The first kappa shape index (κ1) is 16.5. The van der Waals surface area contributed by atoms with E-state index in [9.17, 15) is 4.79 Å². The third kappa shape index (κ3) is 3.51. The normalized spacial score (nSPS) is 10.8. The first-order valence-electron chi connectivity index (χ1n) is 7.55. The molecule has 3 heterocycles. The second-order valence-corrected chi connectivity index (χ2v) is 6.58. The van der Waals surface area contributed by atoms with Crippen LogP contribution >= 0.6 is 22.9 Å². The summed E-state index contributed by atoms with van der Waals surface area (Å²) in [7, 11) is 0. The van der Waals surface area contributed by atoms with E-state index in [-0.39, 0.29) is 22.7 Å². The lowest BCUT2D eigenvalue weighted by Gasteiger charge is -2.05. The number of aromatic nitrogens is 3. The summed E-state index contributed by atoms with van der Waals surface area (Å²) in [6, 6.07) is 10.6. The van der Waals surface area contributed by atoms with Gasteiger partial charge in [-0.1, -0.05) is 16.7 Å². The van der Waals surface area contributed by atoms with Gasteiger partial charge in [-0.25, -0.2) is 0 Å². The van der Waals surface area contributed by atoms with Crippen molar-refractivity contribution in [3.8, 4) is 10.9 Å². The quantitative estimate of drug-likeness (QED) is 0.556. The summed E-state index contributed by atoms with van der Waals surface area (Å²) in [5.74, 6) is 0.867. The third-order valence-corrected chi connectivity index (χ3v) is 4.50. The Balaban J connectivity index is 1.49. The zero-order valence-electron chi connectivity index (χ0n) is 13.2. The van der Waals surface area contributed by atoms with Crippen LogP contribution in [0.2, 0.25) is 5.02 Å². The first-order chi connectivity index (χ1) is 12.7. The maximum absolute atomic E-state index is 12.1. The summed E-state index contributed by atoms with van der Waals surface area (Å²) in [5, 5.41) is 12.3. The molecule has 0 atom stereocenters. The Morgan fingerprint density at radius 3 is 3.04 bits per heavy atom. The summed E-state index contributed by atoms with van der Waals surface area (Å²) < 4.78 is 10.9. The molecule has 1 amide bonds. The van der Waals surface area contributed by atoms with E-state index < -0.39 is 0 Å². The van der Waals surface area contributed by atoms with Crippen LogP contribution < -0.4 is 10.1 Å². The van der Waals surface area contributed by atoms with Crippen LogP contribution in [0, 0.1) is 0 Å². The van der Waals surface area contributed by atoms with E-state index in [4.69, 9.17) is 20.8 Å². The number of carbonyl (C=O) groups is 1. The van der Waals surface area contributed by atoms with Gasteiger partial charge in [-0.2, -0.15) is 0 Å². The lowest BCUT2D eigenvalue weighted by Crippen LogP contribution is -2.22. The average Bonchev–Trinajstić information content (AvgIpc) is 3.31. The predicted octanol–water partition coefficient (Wildman–Crippen LogP) is 4.06. The van der Waals surface area contributed by atoms with Crippen molar-refractivity contribution >= 4 is 39.7 Å². The Bertz CT molecular complexity index is 1070. The first-order valence-corrected chi connectivity index (χ1v) is 8.75. The highest BCUT2D eigenvalue weighted by Crippen LogP contribution is 2.31. The second kappa shape index (κ2) is 7.11. The molecule has 1 N–H and O–H groups in total. The molecule has 0 saturated carbocycles. The van der Waals surface area contributed by atoms with Gasteiger partial charge in [-0.3, -0.25) is 9.78 Å². The minimum absolute atomic E-state index is 0.202. The Hall–Kier alpha value is -2.97. The lowest BCUT2D eigenvalue weighted by molar-refractivity contribution is 0.0947. The zero-order chi connectivity index (χ0) is 17.9. The molecule has 7 nitrogen and oxygen atoms in total. The number of halogens is 1. The summed E-state index contributed by atoms with van der Waals surface area (Å²) in [4.78, 5) is 16.4. The lowest BCUT2D eigenvalue weighted by atomic mass is 10.2. The second-order valence-electron chi connectivity index (χ2n) is 5.21. The maximum atomic E-state index is 12.1. The molecule has 4 aromatic rings. The monoisotopic (exact) mass is 386 g/mol. The van der Waals surface area contributed by atoms with Gasteiger partial charge in [0.05, 0.1) is 18.3 Å². The van der Waals surface area contributed by atoms with Gasteiger partial charge in [0.2, 0.25) is 5.01 Å². The number of pyridine rings is 1. The van der Waals surface area contributed by atoms with E-state index in [1.165, 1.54) is 0 Å². The molecule has 1 aromatic carbocycles. The number of amides is 1. The molecule has 3 aromatic heterocycles.